The lowest BCUT2D eigenvalue weighted by molar-refractivity contribution is -0.133. The Morgan fingerprint density at radius 1 is 0.939 bits per heavy atom. The van der Waals surface area contributed by atoms with E-state index >= 15 is 0 Å². The molecule has 2 saturated heterocycles. The minimum atomic E-state index is -2.53. The number of carbonyl (C=O) groups excluding carboxylic acids is 1. The van der Waals surface area contributed by atoms with Crippen LogP contribution in [-0.4, -0.2) is 70.0 Å². The molecule has 33 heavy (non-hydrogen) atoms. The summed E-state index contributed by atoms with van der Waals surface area (Å²) in [6.07, 6.45) is 0. The monoisotopic (exact) mass is 458 g/mol. The summed E-state index contributed by atoms with van der Waals surface area (Å²) in [5.41, 5.74) is 5.50. The highest BCUT2D eigenvalue weighted by Gasteiger charge is 2.43. The van der Waals surface area contributed by atoms with Crippen molar-refractivity contribution >= 4 is 5.91 Å². The number of piperazine rings is 1. The molecule has 2 N–H and O–H groups in total. The van der Waals surface area contributed by atoms with Gasteiger partial charge in [-0.05, 0) is 42.7 Å². The Morgan fingerprint density at radius 2 is 1.52 bits per heavy atom. The number of halogens is 2. The third-order valence-corrected chi connectivity index (χ3v) is 6.57. The summed E-state index contributed by atoms with van der Waals surface area (Å²) in [4.78, 5) is 18.2. The lowest BCUT2D eigenvalue weighted by atomic mass is 10.0. The van der Waals surface area contributed by atoms with Crippen LogP contribution in [0.15, 0.2) is 48.5 Å². The van der Waals surface area contributed by atoms with Crippen molar-refractivity contribution in [3.05, 3.63) is 70.8 Å². The number of alkyl halides is 2. The smallest absolute Gasteiger partial charge is 0.274 e. The average molecular weight is 459 g/mol. The van der Waals surface area contributed by atoms with E-state index in [1.165, 1.54) is 5.56 Å². The number of amides is 1. The van der Waals surface area contributed by atoms with Crippen LogP contribution < -0.4 is 5.48 Å². The average Bonchev–Trinajstić information content (AvgIpc) is 2.75. The molecule has 6 nitrogen and oxygen atoms in total. The zero-order valence-corrected chi connectivity index (χ0v) is 19.2. The molecule has 0 aromatic heterocycles. The van der Waals surface area contributed by atoms with Gasteiger partial charge in [0.1, 0.15) is 0 Å². The summed E-state index contributed by atoms with van der Waals surface area (Å²) < 4.78 is 26.2. The molecule has 0 aliphatic carbocycles. The van der Waals surface area contributed by atoms with Crippen molar-refractivity contribution in [1.29, 1.82) is 0 Å². The SMILES string of the molecule is CC1CN(Cc2ccc(C(=O)NO)cc2)CC(C)N1Cc1cccc(CN2CC(F)(F)C2)c1. The second kappa shape index (κ2) is 9.85. The van der Waals surface area contributed by atoms with Gasteiger partial charge in [0, 0.05) is 50.4 Å². The van der Waals surface area contributed by atoms with E-state index in [9.17, 15) is 13.6 Å². The fraction of sp³-hybridized carbons (Fsp3) is 0.480. The molecule has 2 unspecified atom stereocenters. The van der Waals surface area contributed by atoms with Gasteiger partial charge in [-0.1, -0.05) is 36.4 Å². The molecule has 2 atom stereocenters. The number of nitrogens with zero attached hydrogens (tertiary/aromatic N) is 3. The Kier molecular flexibility index (Phi) is 7.09. The highest BCUT2D eigenvalue weighted by Crippen LogP contribution is 2.28. The molecule has 0 bridgehead atoms. The van der Waals surface area contributed by atoms with Crippen molar-refractivity contribution in [3.8, 4) is 0 Å². The molecule has 2 heterocycles. The van der Waals surface area contributed by atoms with Gasteiger partial charge < -0.3 is 0 Å². The van der Waals surface area contributed by atoms with E-state index in [2.05, 4.69) is 35.8 Å². The zero-order valence-electron chi connectivity index (χ0n) is 19.2. The van der Waals surface area contributed by atoms with Crippen LogP contribution in [0.1, 0.15) is 40.9 Å². The first-order chi connectivity index (χ1) is 15.7. The Labute approximate surface area is 193 Å². The van der Waals surface area contributed by atoms with Crippen LogP contribution in [0.25, 0.3) is 0 Å². The summed E-state index contributed by atoms with van der Waals surface area (Å²) in [7, 11) is 0. The number of rotatable bonds is 7. The van der Waals surface area contributed by atoms with Crippen molar-refractivity contribution in [1.82, 2.24) is 20.2 Å². The van der Waals surface area contributed by atoms with Gasteiger partial charge in [0.15, 0.2) is 0 Å². The fourth-order valence-electron chi connectivity index (χ4n) is 5.01. The number of nitrogens with one attached hydrogen (secondary N) is 1. The largest absolute Gasteiger partial charge is 0.296 e. The number of likely N-dealkylation sites (tertiary alicyclic amines) is 1. The minimum Gasteiger partial charge on any atom is -0.296 e. The first-order valence-corrected chi connectivity index (χ1v) is 11.4. The first kappa shape index (κ1) is 23.8. The zero-order chi connectivity index (χ0) is 23.6. The van der Waals surface area contributed by atoms with Crippen LogP contribution >= 0.6 is 0 Å². The summed E-state index contributed by atoms with van der Waals surface area (Å²) in [5, 5.41) is 8.75. The van der Waals surface area contributed by atoms with Crippen molar-refractivity contribution in [2.24, 2.45) is 0 Å². The van der Waals surface area contributed by atoms with Crippen molar-refractivity contribution in [3.63, 3.8) is 0 Å². The molecule has 4 rings (SSSR count). The van der Waals surface area contributed by atoms with E-state index in [0.717, 1.165) is 37.3 Å². The predicted octanol–water partition coefficient (Wildman–Crippen LogP) is 3.35. The first-order valence-electron chi connectivity index (χ1n) is 11.4. The van der Waals surface area contributed by atoms with E-state index in [4.69, 9.17) is 5.21 Å². The van der Waals surface area contributed by atoms with Crippen LogP contribution in [0.5, 0.6) is 0 Å². The maximum absolute atomic E-state index is 13.1. The molecule has 0 spiro atoms. The molecule has 2 aromatic rings. The Balaban J connectivity index is 1.32. The maximum Gasteiger partial charge on any atom is 0.274 e. The molecule has 2 fully saturated rings. The number of hydrogen-bond acceptors (Lipinski definition) is 5. The Bertz CT molecular complexity index is 949. The lowest BCUT2D eigenvalue weighted by Gasteiger charge is -2.44. The minimum absolute atomic E-state index is 0.148. The van der Waals surface area contributed by atoms with Gasteiger partial charge >= 0.3 is 0 Å². The molecular weight excluding hydrogens is 426 g/mol. The number of benzene rings is 2. The second-order valence-corrected chi connectivity index (χ2v) is 9.52. The van der Waals surface area contributed by atoms with Gasteiger partial charge in [-0.2, -0.15) is 0 Å². The van der Waals surface area contributed by atoms with Gasteiger partial charge in [0.2, 0.25) is 0 Å². The van der Waals surface area contributed by atoms with Gasteiger partial charge in [0.05, 0.1) is 13.1 Å². The summed E-state index contributed by atoms with van der Waals surface area (Å²) in [6, 6.07) is 16.3. The third kappa shape index (κ3) is 5.95. The molecule has 0 radical (unpaired) electrons. The van der Waals surface area contributed by atoms with Crippen LogP contribution in [0.2, 0.25) is 0 Å². The normalized spacial score (nSPS) is 23.8. The van der Waals surface area contributed by atoms with E-state index in [1.54, 1.807) is 22.5 Å². The second-order valence-electron chi connectivity index (χ2n) is 9.52. The number of hydrogen-bond donors (Lipinski definition) is 2. The third-order valence-electron chi connectivity index (χ3n) is 6.57. The Morgan fingerprint density at radius 3 is 2.09 bits per heavy atom. The van der Waals surface area contributed by atoms with Crippen LogP contribution in [0.4, 0.5) is 8.78 Å². The van der Waals surface area contributed by atoms with Crippen molar-refractivity contribution < 1.29 is 18.8 Å². The molecule has 1 amide bonds. The topological polar surface area (TPSA) is 59.1 Å². The molecule has 2 aliphatic rings. The predicted molar refractivity (Wildman–Crippen MR) is 122 cm³/mol. The number of carbonyl (C=O) groups is 1. The van der Waals surface area contributed by atoms with Gasteiger partial charge in [-0.15, -0.1) is 0 Å². The summed E-state index contributed by atoms with van der Waals surface area (Å²) in [6.45, 7) is 8.27. The molecule has 8 heteroatoms. The Hall–Kier alpha value is -2.39. The van der Waals surface area contributed by atoms with E-state index in [-0.39, 0.29) is 13.1 Å². The van der Waals surface area contributed by atoms with Crippen LogP contribution in [-0.2, 0) is 19.6 Å². The molecule has 2 aliphatic heterocycles. The van der Waals surface area contributed by atoms with Crippen LogP contribution in [0.3, 0.4) is 0 Å². The standard InChI is InChI=1S/C25H32F2N4O2/c1-18-11-29(13-20-6-8-23(9-7-20)24(32)28-33)12-19(2)31(18)15-22-5-3-4-21(10-22)14-30-16-25(26,27)17-30/h3-10,18-19,33H,11-17H2,1-2H3,(H,28,32). The molecular formula is C25H32F2N4O2. The van der Waals surface area contributed by atoms with Gasteiger partial charge in [-0.3, -0.25) is 24.7 Å². The highest BCUT2D eigenvalue weighted by molar-refractivity contribution is 5.93. The van der Waals surface area contributed by atoms with E-state index < -0.39 is 11.8 Å². The molecule has 178 valence electrons. The highest BCUT2D eigenvalue weighted by atomic mass is 19.3. The fourth-order valence-corrected chi connectivity index (χ4v) is 5.01. The summed E-state index contributed by atoms with van der Waals surface area (Å²) >= 11 is 0. The summed E-state index contributed by atoms with van der Waals surface area (Å²) in [5.74, 6) is -3.04. The maximum atomic E-state index is 13.1. The number of hydroxylamine groups is 1. The molecule has 0 saturated carbocycles. The van der Waals surface area contributed by atoms with Gasteiger partial charge in [0.25, 0.3) is 11.8 Å². The van der Waals surface area contributed by atoms with Crippen molar-refractivity contribution in [2.75, 3.05) is 26.2 Å². The molecule has 2 aromatic carbocycles. The lowest BCUT2D eigenvalue weighted by Crippen LogP contribution is -2.55. The van der Waals surface area contributed by atoms with Gasteiger partial charge in [-0.25, -0.2) is 14.3 Å². The van der Waals surface area contributed by atoms with Crippen molar-refractivity contribution in [2.45, 2.75) is 51.5 Å². The quantitative estimate of drug-likeness (QED) is 0.492. The van der Waals surface area contributed by atoms with E-state index in [0.29, 0.717) is 24.2 Å². The van der Waals surface area contributed by atoms with Crippen LogP contribution in [0, 0.1) is 0 Å². The van der Waals surface area contributed by atoms with E-state index in [1.807, 2.05) is 24.3 Å².